The van der Waals surface area contributed by atoms with Crippen molar-refractivity contribution in [3.63, 3.8) is 0 Å². The Morgan fingerprint density at radius 3 is 2.94 bits per heavy atom. The molecule has 9 heteroatoms. The summed E-state index contributed by atoms with van der Waals surface area (Å²) in [6.45, 7) is 2.91. The number of pyridine rings is 1. The van der Waals surface area contributed by atoms with Crippen LogP contribution in [0.25, 0.3) is 17.3 Å². The molecule has 1 saturated carbocycles. The second kappa shape index (κ2) is 8.62. The Balaban J connectivity index is 1.22. The summed E-state index contributed by atoms with van der Waals surface area (Å²) in [5.74, 6) is 2.81. The quantitative estimate of drug-likeness (QED) is 0.456. The summed E-state index contributed by atoms with van der Waals surface area (Å²) in [5.41, 5.74) is 2.01. The maximum atomic E-state index is 12.5. The summed E-state index contributed by atoms with van der Waals surface area (Å²) < 4.78 is 12.5. The van der Waals surface area contributed by atoms with E-state index in [0.717, 1.165) is 35.5 Å². The van der Waals surface area contributed by atoms with E-state index in [9.17, 15) is 4.79 Å². The molecular formula is C23H22N6O3. The van der Waals surface area contributed by atoms with Crippen molar-refractivity contribution in [2.24, 2.45) is 0 Å². The van der Waals surface area contributed by atoms with Crippen LogP contribution in [0, 0.1) is 0 Å². The van der Waals surface area contributed by atoms with Gasteiger partial charge in [-0.25, -0.2) is 9.97 Å². The number of carbonyl (C=O) groups excluding carboxylic acids is 1. The molecule has 0 aliphatic heterocycles. The third-order valence-corrected chi connectivity index (χ3v) is 5.12. The summed E-state index contributed by atoms with van der Waals surface area (Å²) >= 11 is 0. The Morgan fingerprint density at radius 1 is 1.25 bits per heavy atom. The van der Waals surface area contributed by atoms with Gasteiger partial charge in [-0.15, -0.1) is 0 Å². The molecule has 0 saturated heterocycles. The van der Waals surface area contributed by atoms with E-state index < -0.39 is 0 Å². The zero-order chi connectivity index (χ0) is 21.9. The van der Waals surface area contributed by atoms with Crippen molar-refractivity contribution >= 4 is 5.91 Å². The SMILES string of the molecule is CCOc1cccc(CNC(=O)c2cn(-c3ccc(-c4nc(C5CC5)no4)cn3)cn2)c1. The molecule has 1 N–H and O–H groups in total. The Kier molecular flexibility index (Phi) is 5.37. The molecule has 9 nitrogen and oxygen atoms in total. The average molecular weight is 430 g/mol. The molecule has 1 aromatic carbocycles. The molecule has 0 spiro atoms. The average Bonchev–Trinajstić information content (AvgIpc) is 3.34. The normalized spacial score (nSPS) is 13.2. The van der Waals surface area contributed by atoms with Gasteiger partial charge in [0.05, 0.1) is 12.2 Å². The molecule has 1 amide bonds. The Morgan fingerprint density at radius 2 is 2.16 bits per heavy atom. The summed E-state index contributed by atoms with van der Waals surface area (Å²) in [7, 11) is 0. The number of nitrogens with zero attached hydrogens (tertiary/aromatic N) is 5. The summed E-state index contributed by atoms with van der Waals surface area (Å²) in [4.78, 5) is 25.6. The first-order valence-electron chi connectivity index (χ1n) is 10.5. The molecular weight excluding hydrogens is 408 g/mol. The highest BCUT2D eigenvalue weighted by atomic mass is 16.5. The van der Waals surface area contributed by atoms with Crippen molar-refractivity contribution in [3.8, 4) is 23.0 Å². The summed E-state index contributed by atoms with van der Waals surface area (Å²) in [6, 6.07) is 11.3. The number of rotatable bonds is 8. The maximum Gasteiger partial charge on any atom is 0.271 e. The molecule has 3 heterocycles. The molecule has 1 aliphatic rings. The van der Waals surface area contributed by atoms with Gasteiger partial charge in [-0.05, 0) is 49.6 Å². The van der Waals surface area contributed by atoms with Gasteiger partial charge in [-0.3, -0.25) is 9.36 Å². The molecule has 4 aromatic rings. The number of carbonyl (C=O) groups is 1. The van der Waals surface area contributed by atoms with E-state index in [4.69, 9.17) is 9.26 Å². The predicted molar refractivity (Wildman–Crippen MR) is 115 cm³/mol. The lowest BCUT2D eigenvalue weighted by atomic mass is 10.2. The lowest BCUT2D eigenvalue weighted by Crippen LogP contribution is -2.23. The van der Waals surface area contributed by atoms with E-state index in [1.807, 2.05) is 43.3 Å². The van der Waals surface area contributed by atoms with E-state index >= 15 is 0 Å². The van der Waals surface area contributed by atoms with Gasteiger partial charge < -0.3 is 14.6 Å². The first-order chi connectivity index (χ1) is 15.7. The predicted octanol–water partition coefficient (Wildman–Crippen LogP) is 3.52. The number of benzene rings is 1. The van der Waals surface area contributed by atoms with Crippen molar-refractivity contribution in [3.05, 3.63) is 72.2 Å². The minimum absolute atomic E-state index is 0.263. The van der Waals surface area contributed by atoms with Crippen LogP contribution in [0.4, 0.5) is 0 Å². The van der Waals surface area contributed by atoms with Crippen molar-refractivity contribution in [2.45, 2.75) is 32.2 Å². The zero-order valence-electron chi connectivity index (χ0n) is 17.6. The highest BCUT2D eigenvalue weighted by molar-refractivity contribution is 5.92. The number of amides is 1. The number of ether oxygens (including phenoxy) is 1. The monoisotopic (exact) mass is 430 g/mol. The standard InChI is InChI=1S/C23H22N6O3/c1-2-31-18-5-3-4-15(10-18)11-25-22(30)19-13-29(14-26-19)20-9-8-17(12-24-20)23-27-21(28-32-23)16-6-7-16/h3-5,8-10,12-14,16H,2,6-7,11H2,1H3,(H,25,30). The van der Waals surface area contributed by atoms with E-state index in [1.54, 1.807) is 23.3 Å². The van der Waals surface area contributed by atoms with Gasteiger partial charge >= 0.3 is 0 Å². The van der Waals surface area contributed by atoms with E-state index in [2.05, 4.69) is 25.4 Å². The van der Waals surface area contributed by atoms with Gasteiger partial charge in [0.15, 0.2) is 5.82 Å². The molecule has 1 aliphatic carbocycles. The van der Waals surface area contributed by atoms with Crippen LogP contribution in [-0.4, -0.2) is 37.2 Å². The third kappa shape index (κ3) is 4.36. The van der Waals surface area contributed by atoms with Crippen LogP contribution in [0.1, 0.15) is 47.6 Å². The second-order valence-electron chi connectivity index (χ2n) is 7.57. The topological polar surface area (TPSA) is 108 Å². The van der Waals surface area contributed by atoms with Gasteiger partial charge in [0.1, 0.15) is 23.6 Å². The van der Waals surface area contributed by atoms with Crippen LogP contribution in [0.3, 0.4) is 0 Å². The first kappa shape index (κ1) is 19.9. The van der Waals surface area contributed by atoms with Crippen molar-refractivity contribution in [1.29, 1.82) is 0 Å². The highest BCUT2D eigenvalue weighted by Gasteiger charge is 2.29. The number of nitrogens with one attached hydrogen (secondary N) is 1. The van der Waals surface area contributed by atoms with Crippen LogP contribution in [0.15, 0.2) is 59.6 Å². The zero-order valence-corrected chi connectivity index (χ0v) is 17.6. The van der Waals surface area contributed by atoms with Gasteiger partial charge in [-0.1, -0.05) is 17.3 Å². The van der Waals surface area contributed by atoms with Gasteiger partial charge in [0.25, 0.3) is 11.8 Å². The minimum Gasteiger partial charge on any atom is -0.494 e. The van der Waals surface area contributed by atoms with Crippen LogP contribution in [0.5, 0.6) is 5.75 Å². The van der Waals surface area contributed by atoms with Gasteiger partial charge in [0, 0.05) is 24.9 Å². The molecule has 0 unspecified atom stereocenters. The molecule has 32 heavy (non-hydrogen) atoms. The maximum absolute atomic E-state index is 12.5. The smallest absolute Gasteiger partial charge is 0.271 e. The molecule has 0 bridgehead atoms. The fraction of sp³-hybridized carbons (Fsp3) is 0.261. The molecule has 5 rings (SSSR count). The fourth-order valence-electron chi connectivity index (χ4n) is 3.27. The first-order valence-corrected chi connectivity index (χ1v) is 10.5. The number of hydrogen-bond acceptors (Lipinski definition) is 7. The Bertz CT molecular complexity index is 1230. The molecule has 0 atom stereocenters. The molecule has 0 radical (unpaired) electrons. The van der Waals surface area contributed by atoms with Crippen LogP contribution >= 0.6 is 0 Å². The van der Waals surface area contributed by atoms with E-state index in [0.29, 0.717) is 36.5 Å². The van der Waals surface area contributed by atoms with Crippen LogP contribution < -0.4 is 10.1 Å². The highest BCUT2D eigenvalue weighted by Crippen LogP contribution is 2.38. The van der Waals surface area contributed by atoms with Gasteiger partial charge in [-0.2, -0.15) is 4.98 Å². The lowest BCUT2D eigenvalue weighted by Gasteiger charge is -2.07. The number of aromatic nitrogens is 5. The van der Waals surface area contributed by atoms with E-state index in [-0.39, 0.29) is 5.91 Å². The summed E-state index contributed by atoms with van der Waals surface area (Å²) in [5, 5.41) is 6.91. The Labute approximate surface area is 184 Å². The van der Waals surface area contributed by atoms with Gasteiger partial charge in [0.2, 0.25) is 0 Å². The van der Waals surface area contributed by atoms with Crippen molar-refractivity contribution in [2.75, 3.05) is 6.61 Å². The van der Waals surface area contributed by atoms with E-state index in [1.165, 1.54) is 0 Å². The minimum atomic E-state index is -0.263. The molecule has 162 valence electrons. The third-order valence-electron chi connectivity index (χ3n) is 5.12. The molecule has 1 fully saturated rings. The van der Waals surface area contributed by atoms with Crippen LogP contribution in [-0.2, 0) is 6.54 Å². The lowest BCUT2D eigenvalue weighted by molar-refractivity contribution is 0.0946. The number of imidazole rings is 1. The second-order valence-corrected chi connectivity index (χ2v) is 7.57. The van der Waals surface area contributed by atoms with Crippen molar-refractivity contribution < 1.29 is 14.1 Å². The Hall–Kier alpha value is -4.01. The largest absolute Gasteiger partial charge is 0.494 e. The number of hydrogen-bond donors (Lipinski definition) is 1. The van der Waals surface area contributed by atoms with Crippen molar-refractivity contribution in [1.82, 2.24) is 30.0 Å². The molecule has 3 aromatic heterocycles. The van der Waals surface area contributed by atoms with Crippen LogP contribution in [0.2, 0.25) is 0 Å². The summed E-state index contributed by atoms with van der Waals surface area (Å²) in [6.07, 6.45) is 7.11. The fourth-order valence-corrected chi connectivity index (χ4v) is 3.27.